The summed E-state index contributed by atoms with van der Waals surface area (Å²) in [6, 6.07) is 1.65. The molecule has 2 atom stereocenters. The lowest BCUT2D eigenvalue weighted by Crippen LogP contribution is -2.30. The van der Waals surface area contributed by atoms with Gasteiger partial charge in [-0.2, -0.15) is 0 Å². The molecule has 0 radical (unpaired) electrons. The van der Waals surface area contributed by atoms with Gasteiger partial charge >= 0.3 is 0 Å². The van der Waals surface area contributed by atoms with E-state index >= 15 is 0 Å². The molecule has 0 bridgehead atoms. The van der Waals surface area contributed by atoms with E-state index in [-0.39, 0.29) is 11.8 Å². The maximum absolute atomic E-state index is 12.5. The lowest BCUT2D eigenvalue weighted by Gasteiger charge is -2.16. The van der Waals surface area contributed by atoms with Crippen LogP contribution in [-0.4, -0.2) is 49.6 Å². The lowest BCUT2D eigenvalue weighted by atomic mass is 10.0. The molecule has 1 fully saturated rings. The van der Waals surface area contributed by atoms with Crippen molar-refractivity contribution >= 4 is 17.5 Å². The van der Waals surface area contributed by atoms with Crippen LogP contribution in [0.2, 0.25) is 5.02 Å². The van der Waals surface area contributed by atoms with Crippen LogP contribution in [0.4, 0.5) is 0 Å². The Morgan fingerprint density at radius 3 is 2.91 bits per heavy atom. The maximum Gasteiger partial charge on any atom is 0.270 e. The van der Waals surface area contributed by atoms with E-state index in [0.717, 1.165) is 5.69 Å². The highest BCUT2D eigenvalue weighted by Gasteiger charge is 2.35. The topological polar surface area (TPSA) is 71.2 Å². The molecule has 2 aromatic rings. The fourth-order valence-corrected chi connectivity index (χ4v) is 3.07. The van der Waals surface area contributed by atoms with Gasteiger partial charge in [0.15, 0.2) is 0 Å². The van der Waals surface area contributed by atoms with E-state index in [9.17, 15) is 9.90 Å². The highest BCUT2D eigenvalue weighted by atomic mass is 35.5. The molecule has 0 aliphatic carbocycles. The van der Waals surface area contributed by atoms with Crippen molar-refractivity contribution in [3.05, 3.63) is 47.3 Å². The number of aromatic nitrogens is 3. The van der Waals surface area contributed by atoms with E-state index in [1.807, 2.05) is 0 Å². The molecule has 1 saturated heterocycles. The number of β-amino-alcohol motifs (C(OH)–C–C–N with tert-alkyl or cyclic N) is 1. The molecule has 3 heterocycles. The molecule has 0 aromatic carbocycles. The average Bonchev–Trinajstić information content (AvgIpc) is 3.02. The van der Waals surface area contributed by atoms with Crippen molar-refractivity contribution in [2.24, 2.45) is 13.0 Å². The van der Waals surface area contributed by atoms with Gasteiger partial charge in [-0.15, -0.1) is 0 Å². The van der Waals surface area contributed by atoms with Crippen LogP contribution in [0.5, 0.6) is 0 Å². The lowest BCUT2D eigenvalue weighted by molar-refractivity contribution is 0.0755. The molecule has 1 aliphatic heterocycles. The predicted octanol–water partition coefficient (Wildman–Crippen LogP) is 1.14. The van der Waals surface area contributed by atoms with E-state index in [2.05, 4.69) is 9.97 Å². The zero-order valence-corrected chi connectivity index (χ0v) is 12.9. The molecule has 0 unspecified atom stereocenters. The SMILES string of the molecule is Cn1cc(Cl)cc1C(=O)N1C[C@@H](Cc2cnccn2)[C@H](O)C1. The number of aliphatic hydroxyl groups is 1. The Morgan fingerprint density at radius 2 is 2.27 bits per heavy atom. The van der Waals surface area contributed by atoms with Gasteiger partial charge < -0.3 is 14.6 Å². The van der Waals surface area contributed by atoms with Gasteiger partial charge in [-0.3, -0.25) is 14.8 Å². The van der Waals surface area contributed by atoms with Crippen LogP contribution in [0.15, 0.2) is 30.9 Å². The fourth-order valence-electron chi connectivity index (χ4n) is 2.82. The molecule has 7 heteroatoms. The van der Waals surface area contributed by atoms with Crippen molar-refractivity contribution in [1.29, 1.82) is 0 Å². The van der Waals surface area contributed by atoms with Crippen LogP contribution >= 0.6 is 11.6 Å². The highest BCUT2D eigenvalue weighted by Crippen LogP contribution is 2.23. The minimum Gasteiger partial charge on any atom is -0.391 e. The van der Waals surface area contributed by atoms with Crippen molar-refractivity contribution in [3.8, 4) is 0 Å². The molecule has 1 N–H and O–H groups in total. The van der Waals surface area contributed by atoms with Crippen molar-refractivity contribution in [2.75, 3.05) is 13.1 Å². The average molecular weight is 321 g/mol. The van der Waals surface area contributed by atoms with Gasteiger partial charge in [0.05, 0.1) is 16.8 Å². The number of carbonyl (C=O) groups excluding carboxylic acids is 1. The Kier molecular flexibility index (Phi) is 4.13. The number of carbonyl (C=O) groups is 1. The first-order valence-electron chi connectivity index (χ1n) is 7.08. The van der Waals surface area contributed by atoms with Crippen molar-refractivity contribution in [1.82, 2.24) is 19.4 Å². The Bertz CT molecular complexity index is 673. The van der Waals surface area contributed by atoms with Crippen LogP contribution in [0.1, 0.15) is 16.2 Å². The second-order valence-corrected chi connectivity index (χ2v) is 6.03. The Balaban J connectivity index is 1.70. The minimum atomic E-state index is -0.554. The van der Waals surface area contributed by atoms with Gasteiger partial charge in [-0.05, 0) is 12.5 Å². The first kappa shape index (κ1) is 15.0. The number of aryl methyl sites for hydroxylation is 1. The summed E-state index contributed by atoms with van der Waals surface area (Å²) in [6.07, 6.45) is 6.68. The number of halogens is 1. The van der Waals surface area contributed by atoms with Gasteiger partial charge in [0, 0.05) is 50.8 Å². The number of likely N-dealkylation sites (tertiary alicyclic amines) is 1. The molecule has 1 aliphatic rings. The quantitative estimate of drug-likeness (QED) is 0.920. The predicted molar refractivity (Wildman–Crippen MR) is 81.6 cm³/mol. The first-order valence-corrected chi connectivity index (χ1v) is 7.46. The zero-order valence-electron chi connectivity index (χ0n) is 12.2. The molecular formula is C15H17ClN4O2. The highest BCUT2D eigenvalue weighted by molar-refractivity contribution is 6.31. The summed E-state index contributed by atoms with van der Waals surface area (Å²) in [5.41, 5.74) is 1.35. The summed E-state index contributed by atoms with van der Waals surface area (Å²) < 4.78 is 1.70. The number of amides is 1. The summed E-state index contributed by atoms with van der Waals surface area (Å²) in [4.78, 5) is 22.4. The zero-order chi connectivity index (χ0) is 15.7. The Morgan fingerprint density at radius 1 is 1.45 bits per heavy atom. The molecule has 116 valence electrons. The summed E-state index contributed by atoms with van der Waals surface area (Å²) >= 11 is 5.92. The van der Waals surface area contributed by atoms with E-state index in [4.69, 9.17) is 11.6 Å². The number of aliphatic hydroxyl groups excluding tert-OH is 1. The van der Waals surface area contributed by atoms with Gasteiger partial charge in [0.1, 0.15) is 5.69 Å². The number of hydrogen-bond donors (Lipinski definition) is 1. The van der Waals surface area contributed by atoms with Crippen molar-refractivity contribution < 1.29 is 9.90 Å². The molecular weight excluding hydrogens is 304 g/mol. The number of rotatable bonds is 3. The molecule has 3 rings (SSSR count). The number of nitrogens with zero attached hydrogens (tertiary/aromatic N) is 4. The Labute approximate surface area is 133 Å². The van der Waals surface area contributed by atoms with Crippen LogP contribution in [0.3, 0.4) is 0 Å². The molecule has 2 aromatic heterocycles. The third-order valence-electron chi connectivity index (χ3n) is 3.97. The van der Waals surface area contributed by atoms with Gasteiger partial charge in [-0.1, -0.05) is 11.6 Å². The first-order chi connectivity index (χ1) is 10.5. The Hall–Kier alpha value is -1.92. The van der Waals surface area contributed by atoms with E-state index < -0.39 is 6.10 Å². The second-order valence-electron chi connectivity index (χ2n) is 5.59. The smallest absolute Gasteiger partial charge is 0.270 e. The van der Waals surface area contributed by atoms with Crippen LogP contribution in [0, 0.1) is 5.92 Å². The molecule has 22 heavy (non-hydrogen) atoms. The third kappa shape index (κ3) is 2.98. The molecule has 0 spiro atoms. The number of hydrogen-bond acceptors (Lipinski definition) is 4. The summed E-state index contributed by atoms with van der Waals surface area (Å²) in [6.45, 7) is 0.825. The largest absolute Gasteiger partial charge is 0.391 e. The molecule has 1 amide bonds. The van der Waals surface area contributed by atoms with Crippen LogP contribution < -0.4 is 0 Å². The summed E-state index contributed by atoms with van der Waals surface area (Å²) in [5, 5.41) is 10.7. The minimum absolute atomic E-state index is 0.0311. The molecule has 0 saturated carbocycles. The van der Waals surface area contributed by atoms with Crippen LogP contribution in [0.25, 0.3) is 0 Å². The summed E-state index contributed by atoms with van der Waals surface area (Å²) in [5.74, 6) is -0.147. The van der Waals surface area contributed by atoms with Gasteiger partial charge in [0.2, 0.25) is 0 Å². The van der Waals surface area contributed by atoms with Crippen LogP contribution in [-0.2, 0) is 13.5 Å². The van der Waals surface area contributed by atoms with E-state index in [1.54, 1.807) is 47.4 Å². The van der Waals surface area contributed by atoms with Gasteiger partial charge in [0.25, 0.3) is 5.91 Å². The standard InChI is InChI=1S/C15H17ClN4O2/c1-19-8-11(16)5-13(19)15(22)20-7-10(14(21)9-20)4-12-6-17-2-3-18-12/h2-3,5-6,8,10,14,21H,4,7,9H2,1H3/t10-,14-/m1/s1. The van der Waals surface area contributed by atoms with Crippen molar-refractivity contribution in [3.63, 3.8) is 0 Å². The fraction of sp³-hybridized carbons (Fsp3) is 0.400. The summed E-state index contributed by atoms with van der Waals surface area (Å²) in [7, 11) is 1.78. The second kappa shape index (κ2) is 6.06. The normalized spacial score (nSPS) is 21.3. The van der Waals surface area contributed by atoms with Crippen molar-refractivity contribution in [2.45, 2.75) is 12.5 Å². The third-order valence-corrected chi connectivity index (χ3v) is 4.18. The van der Waals surface area contributed by atoms with E-state index in [0.29, 0.717) is 30.2 Å². The molecule has 6 nitrogen and oxygen atoms in total. The maximum atomic E-state index is 12.5. The van der Waals surface area contributed by atoms with E-state index in [1.165, 1.54) is 0 Å². The monoisotopic (exact) mass is 320 g/mol. The van der Waals surface area contributed by atoms with Gasteiger partial charge in [-0.25, -0.2) is 0 Å².